The molecule has 176 valence electrons. The molecule has 1 saturated carbocycles. The Bertz CT molecular complexity index is 951. The molecule has 3 rings (SSSR count). The second kappa shape index (κ2) is 11.9. The van der Waals surface area contributed by atoms with Crippen molar-refractivity contribution < 1.29 is 23.5 Å². The van der Waals surface area contributed by atoms with Gasteiger partial charge in [-0.3, -0.25) is 14.4 Å². The number of ether oxygens (including phenoxy) is 1. The number of hydrogen-bond donors (Lipinski definition) is 2. The Kier molecular flexibility index (Phi) is 8.69. The lowest BCUT2D eigenvalue weighted by Gasteiger charge is -2.33. The van der Waals surface area contributed by atoms with Crippen LogP contribution in [0.15, 0.2) is 59.7 Å². The van der Waals surface area contributed by atoms with Gasteiger partial charge in [0.05, 0.1) is 19.9 Å². The maximum atomic E-state index is 13.5. The molecule has 1 aliphatic carbocycles. The van der Waals surface area contributed by atoms with Gasteiger partial charge in [-0.1, -0.05) is 37.5 Å². The normalized spacial score (nSPS) is 14.7. The van der Waals surface area contributed by atoms with Gasteiger partial charge in [0, 0.05) is 12.6 Å². The molecular formula is C25H31N3O5. The summed E-state index contributed by atoms with van der Waals surface area (Å²) in [6.45, 7) is 3.60. The first-order chi connectivity index (χ1) is 16.0. The van der Waals surface area contributed by atoms with Crippen molar-refractivity contribution in [2.24, 2.45) is 0 Å². The Morgan fingerprint density at radius 3 is 2.67 bits per heavy atom. The molecule has 8 heteroatoms. The zero-order chi connectivity index (χ0) is 23.6. The number of carbonyl (C=O) groups excluding carboxylic acids is 3. The van der Waals surface area contributed by atoms with E-state index in [1.807, 2.05) is 0 Å². The Balaban J connectivity index is 1.83. The monoisotopic (exact) mass is 453 g/mol. The number of carbonyl (C=O) groups is 3. The summed E-state index contributed by atoms with van der Waals surface area (Å²) < 4.78 is 10.4. The molecule has 0 radical (unpaired) electrons. The van der Waals surface area contributed by atoms with E-state index in [4.69, 9.17) is 9.15 Å². The zero-order valence-electron chi connectivity index (χ0n) is 18.9. The SMILES string of the molecule is C=CCN(C(=O)CNC(=O)c1ccco1)[C@@H](C(=O)NC1CCCCC1)c1cccc(OC)c1. The first-order valence-electron chi connectivity index (χ1n) is 11.2. The molecule has 8 nitrogen and oxygen atoms in total. The Morgan fingerprint density at radius 2 is 2.00 bits per heavy atom. The van der Waals surface area contributed by atoms with Gasteiger partial charge in [0.15, 0.2) is 5.76 Å². The summed E-state index contributed by atoms with van der Waals surface area (Å²) >= 11 is 0. The highest BCUT2D eigenvalue weighted by molar-refractivity contribution is 5.95. The molecule has 1 aromatic heterocycles. The molecule has 2 N–H and O–H groups in total. The summed E-state index contributed by atoms with van der Waals surface area (Å²) in [5.41, 5.74) is 0.621. The fourth-order valence-electron chi connectivity index (χ4n) is 4.05. The maximum absolute atomic E-state index is 13.5. The smallest absolute Gasteiger partial charge is 0.287 e. The molecule has 33 heavy (non-hydrogen) atoms. The van der Waals surface area contributed by atoms with Crippen LogP contribution in [0.25, 0.3) is 0 Å². The van der Waals surface area contributed by atoms with Crippen LogP contribution in [0.1, 0.15) is 54.3 Å². The number of nitrogens with zero attached hydrogens (tertiary/aromatic N) is 1. The van der Waals surface area contributed by atoms with Gasteiger partial charge in [-0.25, -0.2) is 0 Å². The highest BCUT2D eigenvalue weighted by Gasteiger charge is 2.32. The van der Waals surface area contributed by atoms with E-state index in [2.05, 4.69) is 17.2 Å². The summed E-state index contributed by atoms with van der Waals surface area (Å²) in [5, 5.41) is 5.68. The molecule has 1 aromatic carbocycles. The zero-order valence-corrected chi connectivity index (χ0v) is 18.9. The van der Waals surface area contributed by atoms with E-state index in [1.54, 1.807) is 43.5 Å². The van der Waals surface area contributed by atoms with E-state index >= 15 is 0 Å². The summed E-state index contributed by atoms with van der Waals surface area (Å²) in [4.78, 5) is 40.3. The van der Waals surface area contributed by atoms with Crippen molar-refractivity contribution in [2.75, 3.05) is 20.2 Å². The van der Waals surface area contributed by atoms with E-state index in [9.17, 15) is 14.4 Å². The summed E-state index contributed by atoms with van der Waals surface area (Å²) in [7, 11) is 1.55. The van der Waals surface area contributed by atoms with Crippen LogP contribution in [-0.2, 0) is 9.59 Å². The van der Waals surface area contributed by atoms with E-state index in [-0.39, 0.29) is 30.8 Å². The standard InChI is InChI=1S/C25H31N3O5/c1-3-14-28(22(29)17-26-24(30)21-13-8-15-33-21)23(18-9-7-12-20(16-18)32-2)25(31)27-19-10-5-4-6-11-19/h3,7-9,12-13,15-16,19,23H,1,4-6,10-11,14,17H2,2H3,(H,26,30)(H,27,31)/t23-/m1/s1. The van der Waals surface area contributed by atoms with Gasteiger partial charge in [0.2, 0.25) is 11.8 Å². The lowest BCUT2D eigenvalue weighted by Crippen LogP contribution is -2.49. The number of methoxy groups -OCH3 is 1. The lowest BCUT2D eigenvalue weighted by molar-refractivity contribution is -0.139. The first kappa shape index (κ1) is 24.1. The van der Waals surface area contributed by atoms with Crippen LogP contribution in [0.5, 0.6) is 5.75 Å². The van der Waals surface area contributed by atoms with E-state index in [0.29, 0.717) is 11.3 Å². The summed E-state index contributed by atoms with van der Waals surface area (Å²) in [6.07, 6.45) is 8.10. The van der Waals surface area contributed by atoms with Gasteiger partial charge in [-0.15, -0.1) is 6.58 Å². The predicted octanol–water partition coefficient (Wildman–Crippen LogP) is 3.22. The minimum absolute atomic E-state index is 0.0821. The van der Waals surface area contributed by atoms with Crippen LogP contribution >= 0.6 is 0 Å². The van der Waals surface area contributed by atoms with Gasteiger partial charge in [-0.05, 0) is 42.7 Å². The fraction of sp³-hybridized carbons (Fsp3) is 0.400. The Morgan fingerprint density at radius 1 is 1.21 bits per heavy atom. The van der Waals surface area contributed by atoms with Gasteiger partial charge < -0.3 is 24.7 Å². The van der Waals surface area contributed by atoms with Gasteiger partial charge in [0.25, 0.3) is 5.91 Å². The average Bonchev–Trinajstić information content (AvgIpc) is 3.38. The van der Waals surface area contributed by atoms with Crippen LogP contribution in [0.2, 0.25) is 0 Å². The van der Waals surface area contributed by atoms with Crippen LogP contribution in [0, 0.1) is 0 Å². The second-order valence-corrected chi connectivity index (χ2v) is 8.02. The quantitative estimate of drug-likeness (QED) is 0.538. The Labute approximate surface area is 194 Å². The molecule has 2 aromatic rings. The fourth-order valence-corrected chi connectivity index (χ4v) is 4.05. The van der Waals surface area contributed by atoms with Crippen molar-refractivity contribution in [3.63, 3.8) is 0 Å². The number of hydrogen-bond acceptors (Lipinski definition) is 5. The average molecular weight is 454 g/mol. The van der Waals surface area contributed by atoms with E-state index in [1.165, 1.54) is 23.7 Å². The molecule has 0 unspecified atom stereocenters. The summed E-state index contributed by atoms with van der Waals surface area (Å²) in [6, 6.07) is 9.39. The molecule has 0 bridgehead atoms. The third-order valence-corrected chi connectivity index (χ3v) is 5.71. The number of benzene rings is 1. The predicted molar refractivity (Wildman–Crippen MR) is 124 cm³/mol. The van der Waals surface area contributed by atoms with Crippen molar-refractivity contribution in [1.82, 2.24) is 15.5 Å². The number of nitrogens with one attached hydrogen (secondary N) is 2. The molecule has 1 fully saturated rings. The van der Waals surface area contributed by atoms with E-state index in [0.717, 1.165) is 25.7 Å². The molecule has 0 aliphatic heterocycles. The Hall–Kier alpha value is -3.55. The summed E-state index contributed by atoms with van der Waals surface area (Å²) in [5.74, 6) is -0.488. The van der Waals surface area contributed by atoms with Crippen molar-refractivity contribution in [3.8, 4) is 5.75 Å². The molecule has 0 saturated heterocycles. The number of amides is 3. The van der Waals surface area contributed by atoms with Crippen molar-refractivity contribution in [1.29, 1.82) is 0 Å². The van der Waals surface area contributed by atoms with Crippen LogP contribution < -0.4 is 15.4 Å². The maximum Gasteiger partial charge on any atom is 0.287 e. The van der Waals surface area contributed by atoms with Crippen LogP contribution in [0.3, 0.4) is 0 Å². The van der Waals surface area contributed by atoms with Crippen molar-refractivity contribution in [3.05, 3.63) is 66.6 Å². The first-order valence-corrected chi connectivity index (χ1v) is 11.2. The second-order valence-electron chi connectivity index (χ2n) is 8.02. The van der Waals surface area contributed by atoms with Crippen molar-refractivity contribution in [2.45, 2.75) is 44.2 Å². The third kappa shape index (κ3) is 6.47. The molecule has 1 atom stereocenters. The molecule has 3 amide bonds. The minimum atomic E-state index is -0.895. The molecule has 1 heterocycles. The minimum Gasteiger partial charge on any atom is -0.497 e. The van der Waals surface area contributed by atoms with Crippen molar-refractivity contribution >= 4 is 17.7 Å². The molecule has 1 aliphatic rings. The largest absolute Gasteiger partial charge is 0.497 e. The topological polar surface area (TPSA) is 101 Å². The highest BCUT2D eigenvalue weighted by atomic mass is 16.5. The van der Waals surface area contributed by atoms with Crippen LogP contribution in [0.4, 0.5) is 0 Å². The van der Waals surface area contributed by atoms with Crippen LogP contribution in [-0.4, -0.2) is 48.9 Å². The highest BCUT2D eigenvalue weighted by Crippen LogP contribution is 2.26. The molecular weight excluding hydrogens is 422 g/mol. The van der Waals surface area contributed by atoms with Gasteiger partial charge >= 0.3 is 0 Å². The van der Waals surface area contributed by atoms with E-state index < -0.39 is 17.9 Å². The van der Waals surface area contributed by atoms with Gasteiger partial charge in [-0.2, -0.15) is 0 Å². The number of rotatable bonds is 10. The van der Waals surface area contributed by atoms with Gasteiger partial charge in [0.1, 0.15) is 11.8 Å². The lowest BCUT2D eigenvalue weighted by atomic mass is 9.94. The molecule has 0 spiro atoms. The number of furan rings is 1. The third-order valence-electron chi connectivity index (χ3n) is 5.71.